The summed E-state index contributed by atoms with van der Waals surface area (Å²) in [6.07, 6.45) is 5.41. The van der Waals surface area contributed by atoms with Crippen LogP contribution in [0.4, 0.5) is 0 Å². The van der Waals surface area contributed by atoms with Crippen molar-refractivity contribution in [2.24, 2.45) is 16.6 Å². The minimum absolute atomic E-state index is 0.303. The molecule has 0 spiro atoms. The number of hydrogen-bond acceptors (Lipinski definition) is 3. The van der Waals surface area contributed by atoms with E-state index in [0.29, 0.717) is 30.2 Å². The SMILES string of the molecule is CC1CC(CN=C(N)NCC2CCCO2)CC(C)O1. The molecule has 2 saturated heterocycles. The summed E-state index contributed by atoms with van der Waals surface area (Å²) in [6, 6.07) is 0. The van der Waals surface area contributed by atoms with Gasteiger partial charge in [-0.3, -0.25) is 4.99 Å². The number of nitrogens with zero attached hydrogens (tertiary/aromatic N) is 1. The molecular formula is C14H27N3O2. The average molecular weight is 269 g/mol. The van der Waals surface area contributed by atoms with E-state index in [1.807, 2.05) is 0 Å². The second-order valence-corrected chi connectivity index (χ2v) is 5.84. The highest BCUT2D eigenvalue weighted by Gasteiger charge is 2.24. The lowest BCUT2D eigenvalue weighted by molar-refractivity contribution is -0.0501. The van der Waals surface area contributed by atoms with Gasteiger partial charge in [-0.2, -0.15) is 0 Å². The van der Waals surface area contributed by atoms with Gasteiger partial charge in [0, 0.05) is 19.7 Å². The molecule has 0 aromatic carbocycles. The van der Waals surface area contributed by atoms with Crippen molar-refractivity contribution < 1.29 is 9.47 Å². The highest BCUT2D eigenvalue weighted by molar-refractivity contribution is 5.77. The standard InChI is InChI=1S/C14H27N3O2/c1-10-6-12(7-11(2)19-10)8-16-14(15)17-9-13-4-3-5-18-13/h10-13H,3-9H2,1-2H3,(H3,15,16,17). The topological polar surface area (TPSA) is 68.9 Å². The van der Waals surface area contributed by atoms with Crippen molar-refractivity contribution in [1.82, 2.24) is 5.32 Å². The van der Waals surface area contributed by atoms with Gasteiger partial charge in [0.25, 0.3) is 0 Å². The van der Waals surface area contributed by atoms with Crippen LogP contribution < -0.4 is 11.1 Å². The van der Waals surface area contributed by atoms with Crippen molar-refractivity contribution in [3.05, 3.63) is 0 Å². The van der Waals surface area contributed by atoms with E-state index in [2.05, 4.69) is 24.2 Å². The quantitative estimate of drug-likeness (QED) is 0.596. The van der Waals surface area contributed by atoms with Crippen molar-refractivity contribution in [3.8, 4) is 0 Å². The molecule has 0 bridgehead atoms. The second kappa shape index (κ2) is 7.10. The van der Waals surface area contributed by atoms with Gasteiger partial charge < -0.3 is 20.5 Å². The maximum absolute atomic E-state index is 5.89. The first-order valence-electron chi connectivity index (χ1n) is 7.44. The van der Waals surface area contributed by atoms with Crippen LogP contribution in [0, 0.1) is 5.92 Å². The minimum Gasteiger partial charge on any atom is -0.376 e. The Kier molecular flexibility index (Phi) is 5.45. The predicted octanol–water partition coefficient (Wildman–Crippen LogP) is 1.27. The Morgan fingerprint density at radius 2 is 2.05 bits per heavy atom. The maximum atomic E-state index is 5.89. The molecule has 0 aromatic heterocycles. The van der Waals surface area contributed by atoms with E-state index in [1.165, 1.54) is 0 Å². The fourth-order valence-electron chi connectivity index (χ4n) is 3.00. The molecule has 2 aliphatic heterocycles. The van der Waals surface area contributed by atoms with Crippen LogP contribution in [0.2, 0.25) is 0 Å². The molecule has 110 valence electrons. The van der Waals surface area contributed by atoms with Gasteiger partial charge in [-0.05, 0) is 45.4 Å². The number of ether oxygens (including phenoxy) is 2. The van der Waals surface area contributed by atoms with E-state index in [1.54, 1.807) is 0 Å². The average Bonchev–Trinajstić information content (AvgIpc) is 2.86. The van der Waals surface area contributed by atoms with Crippen LogP contribution in [0.5, 0.6) is 0 Å². The summed E-state index contributed by atoms with van der Waals surface area (Å²) in [5.41, 5.74) is 5.89. The Morgan fingerprint density at radius 3 is 2.68 bits per heavy atom. The third-order valence-corrected chi connectivity index (χ3v) is 3.85. The van der Waals surface area contributed by atoms with E-state index < -0.39 is 0 Å². The molecule has 3 atom stereocenters. The number of hydrogen-bond donors (Lipinski definition) is 2. The van der Waals surface area contributed by atoms with Crippen LogP contribution >= 0.6 is 0 Å². The van der Waals surface area contributed by atoms with Crippen LogP contribution in [0.25, 0.3) is 0 Å². The Bertz CT molecular complexity index is 293. The van der Waals surface area contributed by atoms with E-state index in [0.717, 1.165) is 45.4 Å². The molecule has 5 nitrogen and oxygen atoms in total. The molecule has 3 N–H and O–H groups in total. The van der Waals surface area contributed by atoms with E-state index in [9.17, 15) is 0 Å². The van der Waals surface area contributed by atoms with E-state index in [-0.39, 0.29) is 0 Å². The number of guanidine groups is 1. The van der Waals surface area contributed by atoms with Crippen LogP contribution in [0.1, 0.15) is 39.5 Å². The van der Waals surface area contributed by atoms with Gasteiger partial charge in [0.1, 0.15) is 0 Å². The molecule has 19 heavy (non-hydrogen) atoms. The zero-order valence-electron chi connectivity index (χ0n) is 12.1. The third kappa shape index (κ3) is 4.99. The first-order chi connectivity index (χ1) is 9.13. The zero-order valence-corrected chi connectivity index (χ0v) is 12.1. The van der Waals surface area contributed by atoms with Crippen molar-refractivity contribution >= 4 is 5.96 Å². The lowest BCUT2D eigenvalue weighted by Crippen LogP contribution is -2.38. The fraction of sp³-hybridized carbons (Fsp3) is 0.929. The fourth-order valence-corrected chi connectivity index (χ4v) is 3.00. The Balaban J connectivity index is 1.68. The number of nitrogens with two attached hydrogens (primary N) is 1. The van der Waals surface area contributed by atoms with Crippen molar-refractivity contribution in [2.75, 3.05) is 19.7 Å². The van der Waals surface area contributed by atoms with Gasteiger partial charge in [0.2, 0.25) is 0 Å². The molecule has 2 aliphatic rings. The first-order valence-corrected chi connectivity index (χ1v) is 7.44. The van der Waals surface area contributed by atoms with E-state index in [4.69, 9.17) is 15.2 Å². The number of nitrogens with one attached hydrogen (secondary N) is 1. The first kappa shape index (κ1) is 14.6. The summed E-state index contributed by atoms with van der Waals surface area (Å²) in [7, 11) is 0. The Labute approximate surface area is 115 Å². The van der Waals surface area contributed by atoms with Crippen LogP contribution in [-0.2, 0) is 9.47 Å². The Morgan fingerprint density at radius 1 is 1.32 bits per heavy atom. The van der Waals surface area contributed by atoms with Gasteiger partial charge in [0.15, 0.2) is 5.96 Å². The lowest BCUT2D eigenvalue weighted by atomic mass is 9.93. The monoisotopic (exact) mass is 269 g/mol. The summed E-state index contributed by atoms with van der Waals surface area (Å²) < 4.78 is 11.3. The molecule has 5 heteroatoms. The maximum Gasteiger partial charge on any atom is 0.188 e. The second-order valence-electron chi connectivity index (χ2n) is 5.84. The highest BCUT2D eigenvalue weighted by atomic mass is 16.5. The van der Waals surface area contributed by atoms with Crippen LogP contribution in [0.15, 0.2) is 4.99 Å². The molecule has 2 heterocycles. The Hall–Kier alpha value is -0.810. The highest BCUT2D eigenvalue weighted by Crippen LogP contribution is 2.24. The summed E-state index contributed by atoms with van der Waals surface area (Å²) >= 11 is 0. The molecule has 0 radical (unpaired) electrons. The molecule has 0 saturated carbocycles. The minimum atomic E-state index is 0.303. The van der Waals surface area contributed by atoms with Gasteiger partial charge in [-0.15, -0.1) is 0 Å². The van der Waals surface area contributed by atoms with Crippen molar-refractivity contribution in [1.29, 1.82) is 0 Å². The molecule has 2 rings (SSSR count). The predicted molar refractivity (Wildman–Crippen MR) is 76.2 cm³/mol. The van der Waals surface area contributed by atoms with Crippen molar-refractivity contribution in [2.45, 2.75) is 57.8 Å². The van der Waals surface area contributed by atoms with Crippen molar-refractivity contribution in [3.63, 3.8) is 0 Å². The number of rotatable bonds is 4. The molecule has 0 aromatic rings. The number of aliphatic imine (C=N–C) groups is 1. The largest absolute Gasteiger partial charge is 0.376 e. The normalized spacial score (nSPS) is 36.4. The van der Waals surface area contributed by atoms with E-state index >= 15 is 0 Å². The molecule has 0 amide bonds. The summed E-state index contributed by atoms with van der Waals surface area (Å²) in [5.74, 6) is 1.13. The van der Waals surface area contributed by atoms with Gasteiger partial charge in [-0.25, -0.2) is 0 Å². The molecule has 0 aliphatic carbocycles. The molecule has 3 unspecified atom stereocenters. The van der Waals surface area contributed by atoms with Crippen LogP contribution in [-0.4, -0.2) is 44.0 Å². The summed E-state index contributed by atoms with van der Waals surface area (Å²) in [5, 5.41) is 3.16. The molecular weight excluding hydrogens is 242 g/mol. The summed E-state index contributed by atoms with van der Waals surface area (Å²) in [4.78, 5) is 4.45. The van der Waals surface area contributed by atoms with Gasteiger partial charge in [0.05, 0.1) is 18.3 Å². The third-order valence-electron chi connectivity index (χ3n) is 3.85. The van der Waals surface area contributed by atoms with Gasteiger partial charge >= 0.3 is 0 Å². The van der Waals surface area contributed by atoms with Gasteiger partial charge in [-0.1, -0.05) is 0 Å². The lowest BCUT2D eigenvalue weighted by Gasteiger charge is -2.31. The smallest absolute Gasteiger partial charge is 0.188 e. The van der Waals surface area contributed by atoms with Crippen LogP contribution in [0.3, 0.4) is 0 Å². The molecule has 2 fully saturated rings. The zero-order chi connectivity index (χ0) is 13.7. The summed E-state index contributed by atoms with van der Waals surface area (Å²) in [6.45, 7) is 6.70.